The average Bonchev–Trinajstić information content (AvgIpc) is 3.13. The van der Waals surface area contributed by atoms with E-state index in [1.165, 1.54) is 18.0 Å². The molecule has 2 atom stereocenters. The van der Waals surface area contributed by atoms with E-state index in [0.29, 0.717) is 22.2 Å². The summed E-state index contributed by atoms with van der Waals surface area (Å²) in [5, 5.41) is 3.40. The first-order chi connectivity index (χ1) is 26.1. The molecule has 13 heteroatoms. The van der Waals surface area contributed by atoms with Crippen LogP contribution in [-0.2, 0) is 27.3 Å². The maximum Gasteiger partial charge on any atom is 0.412 e. The van der Waals surface area contributed by atoms with E-state index in [9.17, 15) is 27.6 Å². The van der Waals surface area contributed by atoms with Gasteiger partial charge in [0.05, 0.1) is 23.5 Å². The smallest absolute Gasteiger partial charge is 0.412 e. The van der Waals surface area contributed by atoms with E-state index in [1.54, 1.807) is 37.8 Å². The number of halogens is 3. The van der Waals surface area contributed by atoms with Gasteiger partial charge in [-0.15, -0.1) is 0 Å². The number of likely N-dealkylation sites (N-methyl/N-ethyl adjacent to an activating group) is 1. The third kappa shape index (κ3) is 10.5. The molecule has 4 heterocycles. The zero-order chi connectivity index (χ0) is 39.3. The molecular formula is C42H46F3N5O5. The Bertz CT molecular complexity index is 2060. The summed E-state index contributed by atoms with van der Waals surface area (Å²) in [6.07, 6.45) is 0.00776. The number of fused-ring (bicyclic) bond motifs is 1. The summed E-state index contributed by atoms with van der Waals surface area (Å²) in [7, 11) is 2.06. The van der Waals surface area contributed by atoms with Crippen LogP contribution >= 0.6 is 0 Å². The number of rotatable bonds is 10. The molecule has 1 fully saturated rings. The normalized spacial score (nSPS) is 18.1. The summed E-state index contributed by atoms with van der Waals surface area (Å²) < 4.78 is 53.7. The van der Waals surface area contributed by atoms with Crippen molar-refractivity contribution < 1.29 is 37.0 Å². The van der Waals surface area contributed by atoms with Crippen molar-refractivity contribution in [3.05, 3.63) is 102 Å². The number of amides is 1. The highest BCUT2D eigenvalue weighted by Crippen LogP contribution is 2.39. The maximum atomic E-state index is 14.3. The van der Waals surface area contributed by atoms with Gasteiger partial charge in [-0.2, -0.15) is 13.2 Å². The number of Topliss-reactive ketones (excluding diaryl/α,β-unsaturated/α-hetero) is 1. The number of hydrogen-bond donors (Lipinski definition) is 1. The first kappa shape index (κ1) is 39.4. The van der Waals surface area contributed by atoms with E-state index in [0.717, 1.165) is 30.6 Å². The molecular weight excluding hydrogens is 711 g/mol. The highest BCUT2D eigenvalue weighted by molar-refractivity contribution is 6.06. The molecule has 1 amide bonds. The Morgan fingerprint density at radius 3 is 2.49 bits per heavy atom. The second kappa shape index (κ2) is 16.6. The number of carbonyl (C=O) groups is 3. The monoisotopic (exact) mass is 757 g/mol. The molecule has 0 unspecified atom stereocenters. The number of esters is 1. The zero-order valence-corrected chi connectivity index (χ0v) is 31.5. The van der Waals surface area contributed by atoms with Crippen LogP contribution in [0, 0.1) is 11.8 Å². The lowest BCUT2D eigenvalue weighted by molar-refractivity contribution is -0.181. The number of hydrogen-bond acceptors (Lipinski definition) is 9. The largest absolute Gasteiger partial charge is 0.460 e. The van der Waals surface area contributed by atoms with Crippen molar-refractivity contribution in [3.63, 3.8) is 0 Å². The van der Waals surface area contributed by atoms with E-state index in [1.807, 2.05) is 48.5 Å². The lowest BCUT2D eigenvalue weighted by Crippen LogP contribution is -2.47. The van der Waals surface area contributed by atoms with Crippen LogP contribution in [0.3, 0.4) is 0 Å². The summed E-state index contributed by atoms with van der Waals surface area (Å²) >= 11 is 0. The van der Waals surface area contributed by atoms with Gasteiger partial charge in [0.2, 0.25) is 0 Å². The fourth-order valence-corrected chi connectivity index (χ4v) is 7.10. The van der Waals surface area contributed by atoms with E-state index in [-0.39, 0.29) is 50.3 Å². The van der Waals surface area contributed by atoms with Crippen molar-refractivity contribution in [1.82, 2.24) is 14.9 Å². The topological polar surface area (TPSA) is 114 Å². The molecule has 10 nitrogen and oxygen atoms in total. The van der Waals surface area contributed by atoms with Crippen LogP contribution in [0.5, 0.6) is 0 Å². The van der Waals surface area contributed by atoms with E-state index < -0.39 is 41.5 Å². The molecule has 0 radical (unpaired) electrons. The van der Waals surface area contributed by atoms with Crippen molar-refractivity contribution in [1.29, 1.82) is 0 Å². The summed E-state index contributed by atoms with van der Waals surface area (Å²) in [5.41, 5.74) is 3.61. The van der Waals surface area contributed by atoms with Gasteiger partial charge in [-0.1, -0.05) is 48.5 Å². The molecule has 55 heavy (non-hydrogen) atoms. The zero-order valence-electron chi connectivity index (χ0n) is 31.5. The van der Waals surface area contributed by atoms with Crippen LogP contribution in [0.2, 0.25) is 0 Å². The van der Waals surface area contributed by atoms with Crippen LogP contribution in [0.4, 0.5) is 29.3 Å². The third-order valence-electron chi connectivity index (χ3n) is 9.76. The Hall–Kier alpha value is -5.30. The predicted octanol–water partition coefficient (Wildman–Crippen LogP) is 8.26. The molecule has 1 saturated heterocycles. The van der Waals surface area contributed by atoms with Crippen LogP contribution in [0.25, 0.3) is 16.5 Å². The Balaban J connectivity index is 1.30. The number of aromatic nitrogens is 2. The van der Waals surface area contributed by atoms with Gasteiger partial charge >= 0.3 is 18.2 Å². The quantitative estimate of drug-likeness (QED) is 0.126. The summed E-state index contributed by atoms with van der Waals surface area (Å²) in [5.74, 6) is -3.38. The fraction of sp³-hybridized carbons (Fsp3) is 0.405. The van der Waals surface area contributed by atoms with Gasteiger partial charge in [0.1, 0.15) is 17.9 Å². The van der Waals surface area contributed by atoms with Gasteiger partial charge in [-0.25, -0.2) is 9.78 Å². The number of nitrogens with one attached hydrogen (secondary N) is 1. The molecule has 2 aromatic carbocycles. The number of carbonyl (C=O) groups excluding carboxylic acids is 3. The number of piperidine rings is 1. The second-order valence-electron chi connectivity index (χ2n) is 15.4. The Morgan fingerprint density at radius 1 is 1.00 bits per heavy atom. The standard InChI is InChI=1S/C42H46F3N5O5/c1-41(2,3)55-38(52)19-28-18-33(42(43,44)45)25-50(24-28)36-12-15-46-23-32(36)22-37(51)39-35(48-40(53)54-26-27-8-6-5-7-9-27)21-31-11-10-30(20-34(31)47-39)29-13-16-49(4)17-14-29/h5-13,15,20-21,23,28,33H,14,16-19,22,24-26H2,1-4H3,(H,48,53)/t28-,33-/m1/s1. The van der Waals surface area contributed by atoms with Crippen LogP contribution < -0.4 is 10.2 Å². The van der Waals surface area contributed by atoms with Crippen LogP contribution in [0.15, 0.2) is 79.1 Å². The Kier molecular flexibility index (Phi) is 11.9. The molecule has 290 valence electrons. The number of nitrogens with zero attached hydrogens (tertiary/aromatic N) is 4. The fourth-order valence-electron chi connectivity index (χ4n) is 7.10. The molecule has 1 N–H and O–H groups in total. The lowest BCUT2D eigenvalue weighted by atomic mass is 9.86. The van der Waals surface area contributed by atoms with E-state index in [4.69, 9.17) is 14.5 Å². The molecule has 4 aromatic rings. The van der Waals surface area contributed by atoms with E-state index in [2.05, 4.69) is 28.3 Å². The molecule has 0 saturated carbocycles. The van der Waals surface area contributed by atoms with Crippen LogP contribution in [-0.4, -0.2) is 77.7 Å². The summed E-state index contributed by atoms with van der Waals surface area (Å²) in [6.45, 7) is 6.67. The summed E-state index contributed by atoms with van der Waals surface area (Å²) in [4.78, 5) is 52.9. The highest BCUT2D eigenvalue weighted by Gasteiger charge is 2.45. The average molecular weight is 758 g/mol. The van der Waals surface area contributed by atoms with Crippen molar-refractivity contribution in [2.24, 2.45) is 11.8 Å². The predicted molar refractivity (Wildman–Crippen MR) is 205 cm³/mol. The number of alkyl halides is 3. The minimum Gasteiger partial charge on any atom is -0.460 e. The van der Waals surface area contributed by atoms with Crippen molar-refractivity contribution in [2.45, 2.75) is 64.8 Å². The Labute approximate surface area is 318 Å². The molecule has 2 aliphatic heterocycles. The molecule has 0 aliphatic carbocycles. The molecule has 0 spiro atoms. The van der Waals surface area contributed by atoms with Gasteiger partial charge in [-0.05, 0) is 81.5 Å². The molecule has 0 bridgehead atoms. The van der Waals surface area contributed by atoms with Crippen LogP contribution in [0.1, 0.15) is 67.2 Å². The highest BCUT2D eigenvalue weighted by atomic mass is 19.4. The van der Waals surface area contributed by atoms with E-state index >= 15 is 0 Å². The molecule has 6 rings (SSSR count). The second-order valence-corrected chi connectivity index (χ2v) is 15.4. The number of pyridine rings is 2. The van der Waals surface area contributed by atoms with Crippen molar-refractivity contribution >= 4 is 45.7 Å². The van der Waals surface area contributed by atoms with Gasteiger partial charge in [0.25, 0.3) is 0 Å². The SMILES string of the molecule is CN1CC=C(c2ccc3cc(NC(=O)OCc4ccccc4)c(C(=O)Cc4cnccc4N4C[C@@H](CC(=O)OC(C)(C)C)C[C@@H](C(F)(F)F)C4)nc3c2)CC1. The lowest BCUT2D eigenvalue weighted by Gasteiger charge is -2.40. The molecule has 2 aliphatic rings. The Morgan fingerprint density at radius 2 is 1.78 bits per heavy atom. The third-order valence-corrected chi connectivity index (χ3v) is 9.76. The van der Waals surface area contributed by atoms with Gasteiger partial charge in [-0.3, -0.25) is 19.9 Å². The first-order valence-corrected chi connectivity index (χ1v) is 18.4. The maximum absolute atomic E-state index is 14.3. The number of ether oxygens (including phenoxy) is 2. The van der Waals surface area contributed by atoms with Gasteiger partial charge in [0, 0.05) is 61.6 Å². The number of anilines is 2. The number of ketones is 1. The van der Waals surface area contributed by atoms with Crippen molar-refractivity contribution in [3.8, 4) is 0 Å². The van der Waals surface area contributed by atoms with Crippen molar-refractivity contribution in [2.75, 3.05) is 43.4 Å². The van der Waals surface area contributed by atoms with Gasteiger partial charge in [0.15, 0.2) is 5.78 Å². The summed E-state index contributed by atoms with van der Waals surface area (Å²) in [6, 6.07) is 18.2. The minimum absolute atomic E-state index is 0.00729. The molecule has 2 aromatic heterocycles. The number of benzene rings is 2. The van der Waals surface area contributed by atoms with Gasteiger partial charge < -0.3 is 19.3 Å². The first-order valence-electron chi connectivity index (χ1n) is 18.4. The minimum atomic E-state index is -4.50.